The van der Waals surface area contributed by atoms with Crippen LogP contribution in [-0.2, 0) is 16.1 Å². The van der Waals surface area contributed by atoms with E-state index in [1.165, 1.54) is 11.8 Å². The van der Waals surface area contributed by atoms with E-state index in [1.54, 1.807) is 31.4 Å². The van der Waals surface area contributed by atoms with Gasteiger partial charge in [0.05, 0.1) is 30.0 Å². The number of anilines is 1. The van der Waals surface area contributed by atoms with Gasteiger partial charge in [0.25, 0.3) is 0 Å². The molecular formula is C22H23N5O2S. The summed E-state index contributed by atoms with van der Waals surface area (Å²) in [5, 5.41) is 20.7. The lowest BCUT2D eigenvalue weighted by atomic mass is 10.1. The molecule has 1 amide bonds. The van der Waals surface area contributed by atoms with Crippen molar-refractivity contribution in [3.8, 4) is 17.5 Å². The van der Waals surface area contributed by atoms with E-state index < -0.39 is 5.25 Å². The smallest absolute Gasteiger partial charge is 0.237 e. The van der Waals surface area contributed by atoms with E-state index in [0.717, 1.165) is 17.0 Å². The van der Waals surface area contributed by atoms with Crippen molar-refractivity contribution in [3.63, 3.8) is 0 Å². The van der Waals surface area contributed by atoms with Crippen LogP contribution in [0.25, 0.3) is 11.4 Å². The lowest BCUT2D eigenvalue weighted by Crippen LogP contribution is -2.23. The molecule has 0 saturated carbocycles. The fourth-order valence-electron chi connectivity index (χ4n) is 2.84. The van der Waals surface area contributed by atoms with Gasteiger partial charge in [0.2, 0.25) is 5.91 Å². The summed E-state index contributed by atoms with van der Waals surface area (Å²) in [4.78, 5) is 12.6. The maximum absolute atomic E-state index is 12.6. The summed E-state index contributed by atoms with van der Waals surface area (Å²) in [7, 11) is 1.65. The number of rotatable bonds is 8. The Kier molecular flexibility index (Phi) is 7.22. The number of ether oxygens (including phenoxy) is 1. The minimum atomic E-state index is -0.392. The van der Waals surface area contributed by atoms with Crippen molar-refractivity contribution in [2.75, 3.05) is 19.0 Å². The van der Waals surface area contributed by atoms with Crippen molar-refractivity contribution in [3.05, 3.63) is 59.7 Å². The van der Waals surface area contributed by atoms with E-state index in [0.29, 0.717) is 29.6 Å². The number of nitrogens with zero attached hydrogens (tertiary/aromatic N) is 4. The standard InChI is InChI=1S/C22H23N5O2S/c1-15-5-4-6-18(13-15)20-25-26-22(27(20)11-12-29-3)30-16(2)21(28)24-19-9-7-17(14-23)8-10-19/h4-10,13,16H,11-12H2,1-3H3,(H,24,28). The Morgan fingerprint density at radius 1 is 1.27 bits per heavy atom. The van der Waals surface area contributed by atoms with E-state index in [1.807, 2.05) is 36.6 Å². The average Bonchev–Trinajstić information content (AvgIpc) is 3.15. The molecule has 3 aromatic rings. The quantitative estimate of drug-likeness (QED) is 0.555. The SMILES string of the molecule is COCCn1c(SC(C)C(=O)Nc2ccc(C#N)cc2)nnc1-c1cccc(C)c1. The molecule has 0 fully saturated rings. The predicted octanol–water partition coefficient (Wildman–Crippen LogP) is 3.89. The average molecular weight is 422 g/mol. The number of nitrogens with one attached hydrogen (secondary N) is 1. The van der Waals surface area contributed by atoms with Crippen molar-refractivity contribution < 1.29 is 9.53 Å². The summed E-state index contributed by atoms with van der Waals surface area (Å²) in [5.74, 6) is 0.598. The van der Waals surface area contributed by atoms with Crippen molar-refractivity contribution in [2.45, 2.75) is 30.8 Å². The number of thioether (sulfide) groups is 1. The van der Waals surface area contributed by atoms with Gasteiger partial charge in [-0.2, -0.15) is 5.26 Å². The van der Waals surface area contributed by atoms with Crippen molar-refractivity contribution in [1.29, 1.82) is 5.26 Å². The summed E-state index contributed by atoms with van der Waals surface area (Å²) >= 11 is 1.34. The summed E-state index contributed by atoms with van der Waals surface area (Å²) in [6.45, 7) is 4.95. The van der Waals surface area contributed by atoms with Gasteiger partial charge < -0.3 is 10.1 Å². The van der Waals surface area contributed by atoms with Crippen LogP contribution in [0.2, 0.25) is 0 Å². The zero-order chi connectivity index (χ0) is 21.5. The monoisotopic (exact) mass is 421 g/mol. The highest BCUT2D eigenvalue weighted by Crippen LogP contribution is 2.28. The molecule has 1 aromatic heterocycles. The van der Waals surface area contributed by atoms with Crippen molar-refractivity contribution >= 4 is 23.4 Å². The van der Waals surface area contributed by atoms with Crippen molar-refractivity contribution in [2.24, 2.45) is 0 Å². The second kappa shape index (κ2) is 10.1. The number of hydrogen-bond donors (Lipinski definition) is 1. The molecule has 0 aliphatic carbocycles. The van der Waals surface area contributed by atoms with Crippen LogP contribution in [0.1, 0.15) is 18.1 Å². The van der Waals surface area contributed by atoms with Crippen LogP contribution in [0.5, 0.6) is 0 Å². The summed E-state index contributed by atoms with van der Waals surface area (Å²) in [6.07, 6.45) is 0. The second-order valence-electron chi connectivity index (χ2n) is 6.76. The third-order valence-electron chi connectivity index (χ3n) is 4.45. The first-order valence-electron chi connectivity index (χ1n) is 9.48. The molecule has 1 N–H and O–H groups in total. The van der Waals surface area contributed by atoms with E-state index in [2.05, 4.69) is 27.6 Å². The van der Waals surface area contributed by atoms with E-state index >= 15 is 0 Å². The Morgan fingerprint density at radius 3 is 2.70 bits per heavy atom. The van der Waals surface area contributed by atoms with Crippen LogP contribution >= 0.6 is 11.8 Å². The lowest BCUT2D eigenvalue weighted by molar-refractivity contribution is -0.115. The molecule has 7 nitrogen and oxygen atoms in total. The van der Waals surface area contributed by atoms with Gasteiger partial charge in [0.15, 0.2) is 11.0 Å². The molecular weight excluding hydrogens is 398 g/mol. The van der Waals surface area contributed by atoms with Crippen molar-refractivity contribution in [1.82, 2.24) is 14.8 Å². The van der Waals surface area contributed by atoms with Crippen LogP contribution in [0.4, 0.5) is 5.69 Å². The molecule has 1 heterocycles. The number of aryl methyl sites for hydroxylation is 1. The first-order valence-corrected chi connectivity index (χ1v) is 10.4. The molecule has 8 heteroatoms. The highest BCUT2D eigenvalue weighted by Gasteiger charge is 2.21. The van der Waals surface area contributed by atoms with Gasteiger partial charge >= 0.3 is 0 Å². The van der Waals surface area contributed by atoms with E-state index in [9.17, 15) is 4.79 Å². The van der Waals surface area contributed by atoms with Crippen LogP contribution in [0.15, 0.2) is 53.7 Å². The minimum Gasteiger partial charge on any atom is -0.383 e. The molecule has 3 rings (SSSR count). The van der Waals surface area contributed by atoms with Gasteiger partial charge in [-0.15, -0.1) is 10.2 Å². The van der Waals surface area contributed by atoms with Gasteiger partial charge in [-0.3, -0.25) is 9.36 Å². The maximum Gasteiger partial charge on any atom is 0.237 e. The van der Waals surface area contributed by atoms with Gasteiger partial charge in [0, 0.05) is 18.4 Å². The number of methoxy groups -OCH3 is 1. The number of carbonyl (C=O) groups is 1. The minimum absolute atomic E-state index is 0.150. The second-order valence-corrected chi connectivity index (χ2v) is 8.07. The number of benzene rings is 2. The highest BCUT2D eigenvalue weighted by molar-refractivity contribution is 8.00. The molecule has 0 radical (unpaired) electrons. The maximum atomic E-state index is 12.6. The number of aromatic nitrogens is 3. The van der Waals surface area contributed by atoms with Crippen LogP contribution < -0.4 is 5.32 Å². The molecule has 0 bridgehead atoms. The van der Waals surface area contributed by atoms with Gasteiger partial charge in [-0.25, -0.2) is 0 Å². The zero-order valence-electron chi connectivity index (χ0n) is 17.1. The fourth-order valence-corrected chi connectivity index (χ4v) is 3.72. The molecule has 0 aliphatic heterocycles. The van der Waals surface area contributed by atoms with E-state index in [-0.39, 0.29) is 5.91 Å². The number of carbonyl (C=O) groups excluding carboxylic acids is 1. The predicted molar refractivity (Wildman–Crippen MR) is 117 cm³/mol. The number of amides is 1. The molecule has 0 spiro atoms. The van der Waals surface area contributed by atoms with Gasteiger partial charge in [0.1, 0.15) is 0 Å². The third-order valence-corrected chi connectivity index (χ3v) is 5.53. The molecule has 2 aromatic carbocycles. The van der Waals surface area contributed by atoms with Gasteiger partial charge in [-0.05, 0) is 44.2 Å². The zero-order valence-corrected chi connectivity index (χ0v) is 17.9. The number of hydrogen-bond acceptors (Lipinski definition) is 6. The number of nitriles is 1. The highest BCUT2D eigenvalue weighted by atomic mass is 32.2. The largest absolute Gasteiger partial charge is 0.383 e. The molecule has 1 atom stereocenters. The molecule has 1 unspecified atom stereocenters. The molecule has 0 saturated heterocycles. The summed E-state index contributed by atoms with van der Waals surface area (Å²) in [5.41, 5.74) is 3.30. The molecule has 154 valence electrons. The Bertz CT molecular complexity index is 1060. The lowest BCUT2D eigenvalue weighted by Gasteiger charge is -2.14. The third kappa shape index (κ3) is 5.26. The van der Waals surface area contributed by atoms with E-state index in [4.69, 9.17) is 10.00 Å². The Balaban J connectivity index is 1.77. The first kappa shape index (κ1) is 21.6. The molecule has 0 aliphatic rings. The summed E-state index contributed by atoms with van der Waals surface area (Å²) < 4.78 is 7.23. The Hall–Kier alpha value is -3.15. The fraction of sp³-hybridized carbons (Fsp3) is 0.273. The normalized spacial score (nSPS) is 11.7. The Labute approximate surface area is 180 Å². The molecule has 30 heavy (non-hydrogen) atoms. The van der Waals surface area contributed by atoms with Crippen LogP contribution in [-0.4, -0.2) is 39.6 Å². The topological polar surface area (TPSA) is 92.8 Å². The van der Waals surface area contributed by atoms with Gasteiger partial charge in [-0.1, -0.05) is 35.5 Å². The summed E-state index contributed by atoms with van der Waals surface area (Å²) in [6, 6.07) is 16.9. The Morgan fingerprint density at radius 2 is 2.03 bits per heavy atom. The van der Waals surface area contributed by atoms with Crippen LogP contribution in [0.3, 0.4) is 0 Å². The first-order chi connectivity index (χ1) is 14.5. The van der Waals surface area contributed by atoms with Crippen LogP contribution in [0, 0.1) is 18.3 Å².